The van der Waals surface area contributed by atoms with Gasteiger partial charge in [0.15, 0.2) is 0 Å². The Morgan fingerprint density at radius 3 is 1.43 bits per heavy atom. The molecule has 0 saturated heterocycles. The lowest BCUT2D eigenvalue weighted by atomic mass is 10.3. The topological polar surface area (TPSA) is 23.9 Å². The summed E-state index contributed by atoms with van der Waals surface area (Å²) in [5.41, 5.74) is 0. The zero-order valence-electron chi connectivity index (χ0n) is 4.41. The lowest BCUT2D eigenvalue weighted by molar-refractivity contribution is -0.00100. The number of hydrogen-bond acceptors (Lipinski definition) is 1. The van der Waals surface area contributed by atoms with Crippen LogP contribution in [-0.4, -0.2) is 6.21 Å². The maximum atomic E-state index is 6.53. The molecule has 7 heavy (non-hydrogen) atoms. The van der Waals surface area contributed by atoms with E-state index in [0.717, 1.165) is 0 Å². The van der Waals surface area contributed by atoms with Gasteiger partial charge in [0.2, 0.25) is 0 Å². The van der Waals surface area contributed by atoms with Gasteiger partial charge in [0.25, 0.3) is 0 Å². The summed E-state index contributed by atoms with van der Waals surface area (Å²) in [5, 5.41) is 6.53. The first kappa shape index (κ1) is 15.7. The summed E-state index contributed by atoms with van der Waals surface area (Å²) in [6.07, 6.45) is 1.42. The fraction of sp³-hybridized carbons (Fsp3) is 0.750. The number of rotatable bonds is 1. The van der Waals surface area contributed by atoms with Crippen LogP contribution < -0.4 is 24.8 Å². The Labute approximate surface area is 56.8 Å². The third kappa shape index (κ3) is 22.3. The molecule has 0 heterocycles. The van der Waals surface area contributed by atoms with Crippen LogP contribution in [0.3, 0.4) is 0 Å². The van der Waals surface area contributed by atoms with E-state index in [1.165, 1.54) is 6.21 Å². The molecule has 0 aromatic rings. The van der Waals surface area contributed by atoms with Crippen LogP contribution in [0.25, 0.3) is 0 Å². The Morgan fingerprint density at radius 1 is 1.29 bits per heavy atom. The summed E-state index contributed by atoms with van der Waals surface area (Å²) >= 11 is 0. The molecule has 0 rings (SSSR count). The highest BCUT2D eigenvalue weighted by Gasteiger charge is 1.75. The Bertz CT molecular complexity index is 36.7. The smallest absolute Gasteiger partial charge is 0.00223 e. The SMILES string of the molecule is CC(C)C=N.[Cl-].[Cl-]. The molecule has 0 bridgehead atoms. The Morgan fingerprint density at radius 2 is 1.43 bits per heavy atom. The normalized spacial score (nSPS) is 6.14. The van der Waals surface area contributed by atoms with Gasteiger partial charge in [0, 0.05) is 0 Å². The maximum Gasteiger partial charge on any atom is -0.00223 e. The fourth-order valence-corrected chi connectivity index (χ4v) is 0. The predicted octanol–water partition coefficient (Wildman–Crippen LogP) is -4.70. The fourth-order valence-electron chi connectivity index (χ4n) is 0. The summed E-state index contributed by atoms with van der Waals surface area (Å²) in [7, 11) is 0. The minimum Gasteiger partial charge on any atom is -1.00 e. The van der Waals surface area contributed by atoms with Gasteiger partial charge in [0.05, 0.1) is 0 Å². The van der Waals surface area contributed by atoms with Crippen molar-refractivity contribution in [3.63, 3.8) is 0 Å². The molecule has 0 unspecified atom stereocenters. The van der Waals surface area contributed by atoms with Gasteiger partial charge in [-0.25, -0.2) is 0 Å². The van der Waals surface area contributed by atoms with Crippen LogP contribution in [0.1, 0.15) is 13.8 Å². The average molecular weight is 142 g/mol. The van der Waals surface area contributed by atoms with E-state index < -0.39 is 0 Å². The van der Waals surface area contributed by atoms with E-state index in [4.69, 9.17) is 5.41 Å². The Kier molecular flexibility index (Phi) is 21.4. The second-order valence-corrected chi connectivity index (χ2v) is 1.41. The lowest BCUT2D eigenvalue weighted by Gasteiger charge is -1.82. The molecule has 0 fully saturated rings. The van der Waals surface area contributed by atoms with Gasteiger partial charge >= 0.3 is 0 Å². The van der Waals surface area contributed by atoms with E-state index in [9.17, 15) is 0 Å². The van der Waals surface area contributed by atoms with Crippen LogP contribution in [0.2, 0.25) is 0 Å². The van der Waals surface area contributed by atoms with Gasteiger partial charge in [-0.05, 0) is 12.1 Å². The molecule has 3 heteroatoms. The van der Waals surface area contributed by atoms with E-state index in [-0.39, 0.29) is 24.8 Å². The standard InChI is InChI=1S/C4H9N.2ClH/c1-4(2)3-5;;/h3-5H,1-2H3;2*1H/p-2. The van der Waals surface area contributed by atoms with Crippen LogP contribution in [0.15, 0.2) is 0 Å². The number of nitrogens with one attached hydrogen (secondary N) is 1. The van der Waals surface area contributed by atoms with Crippen molar-refractivity contribution in [3.8, 4) is 0 Å². The molecule has 1 nitrogen and oxygen atoms in total. The highest BCUT2D eigenvalue weighted by Crippen LogP contribution is 1.79. The van der Waals surface area contributed by atoms with Crippen molar-refractivity contribution in [2.45, 2.75) is 13.8 Å². The molecular formula is C4H9Cl2N-2. The zero-order valence-corrected chi connectivity index (χ0v) is 5.92. The van der Waals surface area contributed by atoms with Crippen LogP contribution in [0.4, 0.5) is 0 Å². The third-order valence-corrected chi connectivity index (χ3v) is 0.333. The molecule has 0 spiro atoms. The second kappa shape index (κ2) is 9.54. The Hall–Kier alpha value is 0.250. The van der Waals surface area contributed by atoms with E-state index in [0.29, 0.717) is 5.92 Å². The first-order chi connectivity index (χ1) is 2.27. The van der Waals surface area contributed by atoms with Crippen molar-refractivity contribution in [2.24, 2.45) is 5.92 Å². The van der Waals surface area contributed by atoms with Crippen molar-refractivity contribution in [2.75, 3.05) is 0 Å². The molecule has 1 N–H and O–H groups in total. The lowest BCUT2D eigenvalue weighted by Crippen LogP contribution is -3.00. The van der Waals surface area contributed by atoms with E-state index in [1.54, 1.807) is 0 Å². The summed E-state index contributed by atoms with van der Waals surface area (Å²) in [5.74, 6) is 0.426. The van der Waals surface area contributed by atoms with E-state index in [1.807, 2.05) is 13.8 Å². The van der Waals surface area contributed by atoms with E-state index in [2.05, 4.69) is 0 Å². The van der Waals surface area contributed by atoms with Crippen LogP contribution >= 0.6 is 0 Å². The van der Waals surface area contributed by atoms with Gasteiger partial charge in [-0.1, -0.05) is 13.8 Å². The average Bonchev–Trinajstić information content (AvgIpc) is 1.38. The molecule has 0 aliphatic rings. The molecule has 0 aromatic carbocycles. The quantitative estimate of drug-likeness (QED) is 0.356. The summed E-state index contributed by atoms with van der Waals surface area (Å²) in [4.78, 5) is 0. The first-order valence-corrected chi connectivity index (χ1v) is 1.78. The maximum absolute atomic E-state index is 6.53. The Balaban J connectivity index is -0.0000000800. The predicted molar refractivity (Wildman–Crippen MR) is 23.6 cm³/mol. The summed E-state index contributed by atoms with van der Waals surface area (Å²) in [6, 6.07) is 0. The second-order valence-electron chi connectivity index (χ2n) is 1.41. The van der Waals surface area contributed by atoms with Crippen molar-refractivity contribution in [1.82, 2.24) is 0 Å². The largest absolute Gasteiger partial charge is 1.00 e. The number of hydrogen-bond donors (Lipinski definition) is 1. The molecule has 0 aliphatic carbocycles. The summed E-state index contributed by atoms with van der Waals surface area (Å²) < 4.78 is 0. The molecule has 0 aromatic heterocycles. The van der Waals surface area contributed by atoms with Crippen LogP contribution in [0, 0.1) is 11.3 Å². The van der Waals surface area contributed by atoms with Gasteiger partial charge < -0.3 is 30.2 Å². The van der Waals surface area contributed by atoms with Crippen molar-refractivity contribution < 1.29 is 24.8 Å². The van der Waals surface area contributed by atoms with Crippen molar-refractivity contribution >= 4 is 6.21 Å². The minimum absolute atomic E-state index is 0. The first-order valence-electron chi connectivity index (χ1n) is 1.78. The van der Waals surface area contributed by atoms with Gasteiger partial charge in [-0.2, -0.15) is 0 Å². The molecule has 0 atom stereocenters. The highest BCUT2D eigenvalue weighted by molar-refractivity contribution is 5.55. The van der Waals surface area contributed by atoms with Gasteiger partial charge in [-0.15, -0.1) is 0 Å². The van der Waals surface area contributed by atoms with Gasteiger partial charge in [0.1, 0.15) is 0 Å². The van der Waals surface area contributed by atoms with E-state index >= 15 is 0 Å². The molecule has 46 valence electrons. The number of halogens is 2. The molecule has 0 aliphatic heterocycles. The monoisotopic (exact) mass is 141 g/mol. The molecular weight excluding hydrogens is 133 g/mol. The molecule has 0 radical (unpaired) electrons. The highest BCUT2D eigenvalue weighted by atomic mass is 35.5. The van der Waals surface area contributed by atoms with Crippen LogP contribution in [-0.2, 0) is 0 Å². The van der Waals surface area contributed by atoms with Gasteiger partial charge in [-0.3, -0.25) is 0 Å². The third-order valence-electron chi connectivity index (χ3n) is 0.333. The van der Waals surface area contributed by atoms with Crippen molar-refractivity contribution in [1.29, 1.82) is 5.41 Å². The summed E-state index contributed by atoms with van der Waals surface area (Å²) in [6.45, 7) is 3.96. The molecule has 0 amide bonds. The zero-order chi connectivity index (χ0) is 4.28. The van der Waals surface area contributed by atoms with Crippen LogP contribution in [0.5, 0.6) is 0 Å². The van der Waals surface area contributed by atoms with Crippen molar-refractivity contribution in [3.05, 3.63) is 0 Å². The molecule has 0 saturated carbocycles. The minimum atomic E-state index is 0.